The number of carbonyl (C=O) groups is 1. The zero-order valence-corrected chi connectivity index (χ0v) is 13.2. The fourth-order valence-corrected chi connectivity index (χ4v) is 2.80. The summed E-state index contributed by atoms with van der Waals surface area (Å²) in [5.41, 5.74) is 3.60. The van der Waals surface area contributed by atoms with Gasteiger partial charge in [0.25, 0.3) is 0 Å². The minimum atomic E-state index is -0.0603. The zero-order valence-electron chi connectivity index (χ0n) is 11.6. The summed E-state index contributed by atoms with van der Waals surface area (Å²) < 4.78 is 0. The molecule has 1 heterocycles. The molecule has 2 N–H and O–H groups in total. The zero-order chi connectivity index (χ0) is 14.7. The number of hydrogen-bond donors (Lipinski definition) is 2. The normalized spacial score (nSPS) is 10.6. The van der Waals surface area contributed by atoms with Gasteiger partial charge in [0, 0.05) is 16.4 Å². The first-order valence-corrected chi connectivity index (χ1v) is 7.54. The quantitative estimate of drug-likeness (QED) is 0.846. The van der Waals surface area contributed by atoms with Crippen LogP contribution >= 0.6 is 23.4 Å². The van der Waals surface area contributed by atoms with Gasteiger partial charge in [0.1, 0.15) is 0 Å². The van der Waals surface area contributed by atoms with Crippen molar-refractivity contribution in [3.05, 3.63) is 40.2 Å². The lowest BCUT2D eigenvalue weighted by Crippen LogP contribution is -2.14. The first-order valence-electron chi connectivity index (χ1n) is 6.17. The molecule has 0 radical (unpaired) electrons. The molecule has 2 aromatic rings. The van der Waals surface area contributed by atoms with E-state index in [-0.39, 0.29) is 5.91 Å². The molecule has 0 saturated heterocycles. The Bertz CT molecular complexity index is 620. The first-order chi connectivity index (χ1) is 9.47. The third kappa shape index (κ3) is 3.55. The maximum atomic E-state index is 11.9. The smallest absolute Gasteiger partial charge is 0.234 e. The topological polar surface area (TPSA) is 57.8 Å². The first kappa shape index (κ1) is 14.9. The van der Waals surface area contributed by atoms with Crippen LogP contribution < -0.4 is 5.32 Å². The summed E-state index contributed by atoms with van der Waals surface area (Å²) in [6.07, 6.45) is 0. The second-order valence-electron chi connectivity index (χ2n) is 4.56. The van der Waals surface area contributed by atoms with E-state index in [1.54, 1.807) is 6.07 Å². The molecular weight excluding hydrogens is 294 g/mol. The summed E-state index contributed by atoms with van der Waals surface area (Å²) in [4.78, 5) is 13.0. The highest BCUT2D eigenvalue weighted by Crippen LogP contribution is 2.24. The average Bonchev–Trinajstić information content (AvgIpc) is 2.71. The van der Waals surface area contributed by atoms with E-state index in [9.17, 15) is 4.79 Å². The molecule has 0 bridgehead atoms. The number of carbonyl (C=O) groups excluding carboxylic acids is 1. The predicted molar refractivity (Wildman–Crippen MR) is 83.6 cm³/mol. The van der Waals surface area contributed by atoms with Crippen molar-refractivity contribution in [2.24, 2.45) is 0 Å². The second kappa shape index (κ2) is 6.33. The van der Waals surface area contributed by atoms with Crippen LogP contribution in [0.25, 0.3) is 0 Å². The number of amides is 1. The molecule has 0 fully saturated rings. The Labute approximate surface area is 127 Å². The van der Waals surface area contributed by atoms with Crippen molar-refractivity contribution in [3.63, 3.8) is 0 Å². The summed E-state index contributed by atoms with van der Waals surface area (Å²) >= 11 is 7.50. The van der Waals surface area contributed by atoms with Gasteiger partial charge in [-0.1, -0.05) is 17.7 Å². The lowest BCUT2D eigenvalue weighted by molar-refractivity contribution is -0.113. The number of anilines is 1. The van der Waals surface area contributed by atoms with Crippen LogP contribution in [-0.4, -0.2) is 21.9 Å². The van der Waals surface area contributed by atoms with Crippen LogP contribution in [-0.2, 0) is 4.79 Å². The molecule has 1 aromatic heterocycles. The van der Waals surface area contributed by atoms with Crippen molar-refractivity contribution >= 4 is 35.0 Å². The number of halogens is 1. The molecule has 0 aliphatic carbocycles. The average molecular weight is 310 g/mol. The van der Waals surface area contributed by atoms with Crippen molar-refractivity contribution < 1.29 is 4.79 Å². The summed E-state index contributed by atoms with van der Waals surface area (Å²) in [6, 6.07) is 5.49. The molecular formula is C14H16ClN3OS. The van der Waals surface area contributed by atoms with Crippen LogP contribution in [0.15, 0.2) is 23.1 Å². The monoisotopic (exact) mass is 309 g/mol. The Morgan fingerprint density at radius 2 is 2.15 bits per heavy atom. The highest BCUT2D eigenvalue weighted by molar-refractivity contribution is 8.00. The number of H-pyrrole nitrogens is 1. The van der Waals surface area contributed by atoms with Gasteiger partial charge in [-0.3, -0.25) is 9.89 Å². The number of nitrogens with one attached hydrogen (secondary N) is 2. The molecule has 0 atom stereocenters. The van der Waals surface area contributed by atoms with Crippen molar-refractivity contribution in [1.82, 2.24) is 10.2 Å². The fourth-order valence-electron chi connectivity index (χ4n) is 1.76. The van der Waals surface area contributed by atoms with Crippen molar-refractivity contribution in [3.8, 4) is 0 Å². The number of rotatable bonds is 4. The van der Waals surface area contributed by atoms with Gasteiger partial charge in [-0.05, 0) is 38.5 Å². The molecule has 6 heteroatoms. The van der Waals surface area contributed by atoms with E-state index < -0.39 is 0 Å². The van der Waals surface area contributed by atoms with E-state index in [0.717, 1.165) is 21.8 Å². The standard InChI is InChI=1S/C14H16ClN3OS/c1-8-4-5-11(6-12(8)15)16-13(19)7-20-14-9(2)17-18-10(14)3/h4-6H,7H2,1-3H3,(H,16,19)(H,17,18). The summed E-state index contributed by atoms with van der Waals surface area (Å²) in [5, 5.41) is 10.5. The highest BCUT2D eigenvalue weighted by Gasteiger charge is 2.10. The lowest BCUT2D eigenvalue weighted by atomic mass is 10.2. The number of thioether (sulfide) groups is 1. The van der Waals surface area contributed by atoms with Gasteiger partial charge in [-0.25, -0.2) is 0 Å². The Balaban J connectivity index is 1.94. The minimum absolute atomic E-state index is 0.0603. The van der Waals surface area contributed by atoms with E-state index in [2.05, 4.69) is 15.5 Å². The number of benzene rings is 1. The second-order valence-corrected chi connectivity index (χ2v) is 5.96. The van der Waals surface area contributed by atoms with Crippen LogP contribution in [0.2, 0.25) is 5.02 Å². The van der Waals surface area contributed by atoms with Crippen LogP contribution in [0.5, 0.6) is 0 Å². The number of aromatic amines is 1. The molecule has 1 amide bonds. The number of nitrogens with zero attached hydrogens (tertiary/aromatic N) is 1. The van der Waals surface area contributed by atoms with Gasteiger partial charge in [-0.2, -0.15) is 5.10 Å². The maximum absolute atomic E-state index is 11.9. The molecule has 0 spiro atoms. The third-order valence-electron chi connectivity index (χ3n) is 2.86. The molecule has 0 aliphatic heterocycles. The summed E-state index contributed by atoms with van der Waals surface area (Å²) in [5.74, 6) is 0.280. The minimum Gasteiger partial charge on any atom is -0.325 e. The van der Waals surface area contributed by atoms with E-state index in [0.29, 0.717) is 16.5 Å². The van der Waals surface area contributed by atoms with Crippen LogP contribution in [0, 0.1) is 20.8 Å². The fraction of sp³-hybridized carbons (Fsp3) is 0.286. The van der Waals surface area contributed by atoms with Gasteiger partial charge in [0.05, 0.1) is 16.3 Å². The molecule has 0 unspecified atom stereocenters. The Morgan fingerprint density at radius 1 is 1.40 bits per heavy atom. The van der Waals surface area contributed by atoms with E-state index >= 15 is 0 Å². The Morgan fingerprint density at radius 3 is 2.75 bits per heavy atom. The molecule has 4 nitrogen and oxygen atoms in total. The Hall–Kier alpha value is -1.46. The van der Waals surface area contributed by atoms with Crippen LogP contribution in [0.1, 0.15) is 17.0 Å². The molecule has 106 valence electrons. The number of aromatic nitrogens is 2. The van der Waals surface area contributed by atoms with Crippen LogP contribution in [0.3, 0.4) is 0 Å². The van der Waals surface area contributed by atoms with Gasteiger partial charge < -0.3 is 5.32 Å². The molecule has 2 rings (SSSR count). The van der Waals surface area contributed by atoms with E-state index in [1.165, 1.54) is 11.8 Å². The lowest BCUT2D eigenvalue weighted by Gasteiger charge is -2.07. The van der Waals surface area contributed by atoms with Crippen LogP contribution in [0.4, 0.5) is 5.69 Å². The molecule has 1 aromatic carbocycles. The van der Waals surface area contributed by atoms with Gasteiger partial charge >= 0.3 is 0 Å². The highest BCUT2D eigenvalue weighted by atomic mass is 35.5. The molecule has 20 heavy (non-hydrogen) atoms. The van der Waals surface area contributed by atoms with Crippen molar-refractivity contribution in [2.45, 2.75) is 25.7 Å². The predicted octanol–water partition coefficient (Wildman–Crippen LogP) is 3.72. The van der Waals surface area contributed by atoms with Crippen molar-refractivity contribution in [1.29, 1.82) is 0 Å². The van der Waals surface area contributed by atoms with Gasteiger partial charge in [0.2, 0.25) is 5.91 Å². The van der Waals surface area contributed by atoms with E-state index in [1.807, 2.05) is 32.9 Å². The third-order valence-corrected chi connectivity index (χ3v) is 4.57. The Kier molecular flexibility index (Phi) is 4.73. The largest absolute Gasteiger partial charge is 0.325 e. The summed E-state index contributed by atoms with van der Waals surface area (Å²) in [6.45, 7) is 5.79. The SMILES string of the molecule is Cc1ccc(NC(=O)CSc2c(C)n[nH]c2C)cc1Cl. The van der Waals surface area contributed by atoms with Crippen molar-refractivity contribution in [2.75, 3.05) is 11.1 Å². The molecule has 0 saturated carbocycles. The molecule has 0 aliphatic rings. The summed E-state index contributed by atoms with van der Waals surface area (Å²) in [7, 11) is 0. The number of aryl methyl sites for hydroxylation is 3. The van der Waals surface area contributed by atoms with Gasteiger partial charge in [0.15, 0.2) is 0 Å². The van der Waals surface area contributed by atoms with Gasteiger partial charge in [-0.15, -0.1) is 11.8 Å². The number of hydrogen-bond acceptors (Lipinski definition) is 3. The van der Waals surface area contributed by atoms with E-state index in [4.69, 9.17) is 11.6 Å². The maximum Gasteiger partial charge on any atom is 0.234 e.